The molecule has 0 spiro atoms. The van der Waals surface area contributed by atoms with Gasteiger partial charge in [-0.1, -0.05) is 41.9 Å². The molecule has 4 rings (SSSR count). The van der Waals surface area contributed by atoms with Gasteiger partial charge < -0.3 is 4.90 Å². The quantitative estimate of drug-likeness (QED) is 0.695. The topological polar surface area (TPSA) is 42.3 Å². The number of fused-ring (bicyclic) bond motifs is 1. The summed E-state index contributed by atoms with van der Waals surface area (Å²) in [5.74, 6) is -0.374. The average Bonchev–Trinajstić information content (AvgIpc) is 3.04. The molecule has 1 aromatic heterocycles. The molecule has 0 bridgehead atoms. The summed E-state index contributed by atoms with van der Waals surface area (Å²) in [4.78, 5) is 2.23. The van der Waals surface area contributed by atoms with Gasteiger partial charge in [0.05, 0.1) is 5.52 Å². The summed E-state index contributed by atoms with van der Waals surface area (Å²) < 4.78 is 42.8. The summed E-state index contributed by atoms with van der Waals surface area (Å²) in [6, 6.07) is 5.87. The molecule has 1 aliphatic heterocycles. The van der Waals surface area contributed by atoms with Gasteiger partial charge in [-0.15, -0.1) is 0 Å². The third kappa shape index (κ3) is 3.28. The van der Waals surface area contributed by atoms with Gasteiger partial charge in [-0.25, -0.2) is 16.8 Å². The molecule has 0 amide bonds. The maximum absolute atomic E-state index is 13.9. The second kappa shape index (κ2) is 6.96. The van der Waals surface area contributed by atoms with Crippen LogP contribution in [0.1, 0.15) is 27.2 Å². The van der Waals surface area contributed by atoms with Crippen molar-refractivity contribution < 1.29 is 12.8 Å². The molecule has 2 atom stereocenters. The first-order valence-electron chi connectivity index (χ1n) is 9.89. The zero-order valence-corrected chi connectivity index (χ0v) is 18.1. The molecule has 154 valence electrons. The van der Waals surface area contributed by atoms with E-state index >= 15 is 0 Å². The van der Waals surface area contributed by atoms with Crippen LogP contribution in [0.15, 0.2) is 65.4 Å². The fourth-order valence-corrected chi connectivity index (χ4v) is 7.26. The minimum atomic E-state index is -3.77. The maximum Gasteiger partial charge on any atom is 0.246 e. The summed E-state index contributed by atoms with van der Waals surface area (Å²) in [5, 5.41) is -0.132. The Bertz CT molecular complexity index is 1170. The van der Waals surface area contributed by atoms with E-state index in [-0.39, 0.29) is 5.82 Å². The fourth-order valence-electron chi connectivity index (χ4n) is 4.99. The number of halogens is 1. The molecule has 0 fully saturated rings. The van der Waals surface area contributed by atoms with Gasteiger partial charge in [0, 0.05) is 30.1 Å². The van der Waals surface area contributed by atoms with Crippen molar-refractivity contribution in [3.8, 4) is 0 Å². The molecule has 0 saturated carbocycles. The maximum atomic E-state index is 13.9. The first kappa shape index (κ1) is 20.1. The Morgan fingerprint density at radius 2 is 1.97 bits per heavy atom. The van der Waals surface area contributed by atoms with Gasteiger partial charge in [0.2, 0.25) is 10.0 Å². The highest BCUT2D eigenvalue weighted by Crippen LogP contribution is 2.46. The van der Waals surface area contributed by atoms with Gasteiger partial charge in [0.25, 0.3) is 0 Å². The Morgan fingerprint density at radius 3 is 2.66 bits per heavy atom. The van der Waals surface area contributed by atoms with Crippen molar-refractivity contribution >= 4 is 20.9 Å². The molecule has 1 aromatic carbocycles. The number of allylic oxidation sites excluding steroid dienone is 3. The minimum absolute atomic E-state index is 0.374. The van der Waals surface area contributed by atoms with Crippen molar-refractivity contribution in [1.82, 2.24) is 8.87 Å². The van der Waals surface area contributed by atoms with Crippen LogP contribution in [0.4, 0.5) is 4.39 Å². The number of hydrogen-bond donors (Lipinski definition) is 0. The predicted octanol–water partition coefficient (Wildman–Crippen LogP) is 4.50. The molecular weight excluding hydrogens is 387 g/mol. The van der Waals surface area contributed by atoms with Crippen molar-refractivity contribution in [3.05, 3.63) is 71.2 Å². The monoisotopic (exact) mass is 414 g/mol. The van der Waals surface area contributed by atoms with Crippen molar-refractivity contribution in [3.63, 3.8) is 0 Å². The second-order valence-electron chi connectivity index (χ2n) is 8.54. The summed E-state index contributed by atoms with van der Waals surface area (Å²) in [6.45, 7) is 7.69. The van der Waals surface area contributed by atoms with Crippen molar-refractivity contribution in [2.45, 2.75) is 32.4 Å². The summed E-state index contributed by atoms with van der Waals surface area (Å²) in [7, 11) is -1.70. The molecule has 0 radical (unpaired) electrons. The van der Waals surface area contributed by atoms with Crippen LogP contribution in [0.2, 0.25) is 0 Å². The zero-order chi connectivity index (χ0) is 21.0. The van der Waals surface area contributed by atoms with Crippen LogP contribution in [-0.4, -0.2) is 42.7 Å². The van der Waals surface area contributed by atoms with E-state index in [1.807, 2.05) is 26.8 Å². The number of hydrogen-bond acceptors (Lipinski definition) is 3. The standard InChI is InChI=1S/C23H27FN2O2S/c1-16-13-17(2)22(23(3,15-16)19-8-10-25(4)11-9-19)29(27,28)26-12-7-18-14-20(24)5-6-21(18)26/h5-8,12-15,22H,9-11H2,1-4H3. The van der Waals surface area contributed by atoms with E-state index < -0.39 is 20.7 Å². The third-order valence-electron chi connectivity index (χ3n) is 6.23. The lowest BCUT2D eigenvalue weighted by atomic mass is 9.70. The first-order chi connectivity index (χ1) is 13.6. The van der Waals surface area contributed by atoms with Gasteiger partial charge in [0.15, 0.2) is 0 Å². The summed E-state index contributed by atoms with van der Waals surface area (Å²) >= 11 is 0. The number of nitrogens with zero attached hydrogens (tertiary/aromatic N) is 2. The number of likely N-dealkylation sites (N-methyl/N-ethyl adjacent to an activating group) is 1. The molecule has 2 aromatic rings. The van der Waals surface area contributed by atoms with E-state index in [0.29, 0.717) is 10.9 Å². The lowest BCUT2D eigenvalue weighted by Crippen LogP contribution is -2.45. The van der Waals surface area contributed by atoms with E-state index in [1.165, 1.54) is 27.7 Å². The third-order valence-corrected chi connectivity index (χ3v) is 8.56. The number of rotatable bonds is 3. The molecular formula is C23H27FN2O2S. The molecule has 2 aliphatic rings. The van der Waals surface area contributed by atoms with E-state index in [2.05, 4.69) is 24.1 Å². The van der Waals surface area contributed by atoms with Crippen LogP contribution in [0.5, 0.6) is 0 Å². The van der Waals surface area contributed by atoms with Crippen LogP contribution >= 0.6 is 0 Å². The Hall–Kier alpha value is -2.18. The largest absolute Gasteiger partial charge is 0.302 e. The average molecular weight is 415 g/mol. The SMILES string of the molecule is CC1=CC(C)(C2=CCN(C)CC2)C(S(=O)(=O)n2ccc3cc(F)ccc32)C(C)=C1. The highest BCUT2D eigenvalue weighted by molar-refractivity contribution is 7.91. The molecule has 0 saturated heterocycles. The highest BCUT2D eigenvalue weighted by Gasteiger charge is 2.47. The molecule has 2 unspecified atom stereocenters. The van der Waals surface area contributed by atoms with Crippen molar-refractivity contribution in [2.75, 3.05) is 20.1 Å². The zero-order valence-electron chi connectivity index (χ0n) is 17.3. The van der Waals surface area contributed by atoms with Gasteiger partial charge in [-0.2, -0.15) is 0 Å². The van der Waals surface area contributed by atoms with Gasteiger partial charge in [0.1, 0.15) is 11.1 Å². The van der Waals surface area contributed by atoms with E-state index in [1.54, 1.807) is 12.3 Å². The number of benzene rings is 1. The Labute approximate surface area is 172 Å². The van der Waals surface area contributed by atoms with Crippen LogP contribution in [-0.2, 0) is 10.0 Å². The Balaban J connectivity index is 1.88. The van der Waals surface area contributed by atoms with Crippen LogP contribution in [0, 0.1) is 11.2 Å². The van der Waals surface area contributed by atoms with E-state index in [4.69, 9.17) is 0 Å². The lowest BCUT2D eigenvalue weighted by molar-refractivity contribution is 0.333. The van der Waals surface area contributed by atoms with Crippen LogP contribution < -0.4 is 0 Å². The Morgan fingerprint density at radius 1 is 1.21 bits per heavy atom. The van der Waals surface area contributed by atoms with Gasteiger partial charge >= 0.3 is 0 Å². The predicted molar refractivity (Wildman–Crippen MR) is 116 cm³/mol. The van der Waals surface area contributed by atoms with Crippen molar-refractivity contribution in [2.24, 2.45) is 5.41 Å². The molecule has 0 N–H and O–H groups in total. The Kier molecular flexibility index (Phi) is 4.82. The smallest absolute Gasteiger partial charge is 0.246 e. The second-order valence-corrected chi connectivity index (χ2v) is 10.4. The lowest BCUT2D eigenvalue weighted by Gasteiger charge is -2.42. The molecule has 1 aliphatic carbocycles. The van der Waals surface area contributed by atoms with Crippen LogP contribution in [0.25, 0.3) is 10.9 Å². The summed E-state index contributed by atoms with van der Waals surface area (Å²) in [5.41, 5.74) is 2.95. The van der Waals surface area contributed by atoms with Gasteiger partial charge in [-0.3, -0.25) is 0 Å². The van der Waals surface area contributed by atoms with E-state index in [0.717, 1.165) is 30.7 Å². The molecule has 6 heteroatoms. The number of aromatic nitrogens is 1. The summed E-state index contributed by atoms with van der Waals surface area (Å²) in [6.07, 6.45) is 8.63. The minimum Gasteiger partial charge on any atom is -0.302 e. The normalized spacial score (nSPS) is 26.2. The van der Waals surface area contributed by atoms with Crippen molar-refractivity contribution in [1.29, 1.82) is 0 Å². The first-order valence-corrected chi connectivity index (χ1v) is 11.4. The fraction of sp³-hybridized carbons (Fsp3) is 0.391. The van der Waals surface area contributed by atoms with Gasteiger partial charge in [-0.05, 0) is 51.6 Å². The highest BCUT2D eigenvalue weighted by atomic mass is 32.2. The molecule has 4 nitrogen and oxygen atoms in total. The van der Waals surface area contributed by atoms with Crippen LogP contribution in [0.3, 0.4) is 0 Å². The molecule has 2 heterocycles. The molecule has 29 heavy (non-hydrogen) atoms. The van der Waals surface area contributed by atoms with E-state index in [9.17, 15) is 12.8 Å².